The molecule has 1 aliphatic rings. The third-order valence-electron chi connectivity index (χ3n) is 3.57. The molecule has 1 heterocycles. The van der Waals surface area contributed by atoms with E-state index in [0.29, 0.717) is 23.9 Å². The molecule has 0 bridgehead atoms. The van der Waals surface area contributed by atoms with Crippen LogP contribution in [0.25, 0.3) is 0 Å². The first-order chi connectivity index (χ1) is 10.7. The van der Waals surface area contributed by atoms with Gasteiger partial charge in [-0.25, -0.2) is 0 Å². The van der Waals surface area contributed by atoms with Gasteiger partial charge in [-0.2, -0.15) is 0 Å². The Morgan fingerprint density at radius 1 is 1.41 bits per heavy atom. The fraction of sp³-hybridized carbons (Fsp3) is 0.471. The highest BCUT2D eigenvalue weighted by Crippen LogP contribution is 2.17. The van der Waals surface area contributed by atoms with E-state index in [-0.39, 0.29) is 18.6 Å². The summed E-state index contributed by atoms with van der Waals surface area (Å²) in [5.41, 5.74) is 0. The van der Waals surface area contributed by atoms with Crippen LogP contribution in [0.1, 0.15) is 19.8 Å². The van der Waals surface area contributed by atoms with Crippen molar-refractivity contribution in [3.8, 4) is 5.75 Å². The van der Waals surface area contributed by atoms with Crippen LogP contribution in [-0.4, -0.2) is 43.2 Å². The van der Waals surface area contributed by atoms with Crippen molar-refractivity contribution in [2.75, 3.05) is 26.3 Å². The van der Waals surface area contributed by atoms with Gasteiger partial charge in [-0.15, -0.1) is 0 Å². The molecule has 1 fully saturated rings. The van der Waals surface area contributed by atoms with Crippen molar-refractivity contribution < 1.29 is 14.3 Å². The second-order valence-corrected chi connectivity index (χ2v) is 5.69. The van der Waals surface area contributed by atoms with Crippen molar-refractivity contribution in [2.45, 2.75) is 25.9 Å². The molecule has 5 heteroatoms. The minimum absolute atomic E-state index is 0.00529. The third kappa shape index (κ3) is 5.35. The Balaban J connectivity index is 1.77. The molecule has 0 radical (unpaired) electrons. The normalized spacial score (nSPS) is 18.6. The predicted molar refractivity (Wildman–Crippen MR) is 87.3 cm³/mol. The first-order valence-electron chi connectivity index (χ1n) is 7.58. The van der Waals surface area contributed by atoms with Gasteiger partial charge in [0.25, 0.3) is 5.91 Å². The summed E-state index contributed by atoms with van der Waals surface area (Å²) in [5.74, 6) is 0.643. The summed E-state index contributed by atoms with van der Waals surface area (Å²) < 4.78 is 11.3. The average Bonchev–Trinajstić information content (AvgIpc) is 2.54. The van der Waals surface area contributed by atoms with Crippen LogP contribution >= 0.6 is 11.6 Å². The standard InChI is InChI=1S/C17H22ClNO3/c1-2-3-11-21-16-5-4-10-19(12-16)17(20)13-22-15-8-6-14(18)7-9-15/h2-3,6-9,16H,4-5,10-13H2,1H3/b3-2-. The average molecular weight is 324 g/mol. The van der Waals surface area contributed by atoms with E-state index in [1.165, 1.54) is 0 Å². The highest BCUT2D eigenvalue weighted by atomic mass is 35.5. The molecular formula is C17H22ClNO3. The number of carbonyl (C=O) groups is 1. The van der Waals surface area contributed by atoms with E-state index in [2.05, 4.69) is 0 Å². The third-order valence-corrected chi connectivity index (χ3v) is 3.82. The predicted octanol–water partition coefficient (Wildman–Crippen LogP) is 3.30. The second-order valence-electron chi connectivity index (χ2n) is 5.25. The van der Waals surface area contributed by atoms with Gasteiger partial charge in [0.2, 0.25) is 0 Å². The molecule has 1 amide bonds. The molecule has 4 nitrogen and oxygen atoms in total. The molecule has 22 heavy (non-hydrogen) atoms. The van der Waals surface area contributed by atoms with Crippen LogP contribution in [0.3, 0.4) is 0 Å². The number of carbonyl (C=O) groups excluding carboxylic acids is 1. The van der Waals surface area contributed by atoms with Crippen LogP contribution in [0.4, 0.5) is 0 Å². The van der Waals surface area contributed by atoms with E-state index < -0.39 is 0 Å². The summed E-state index contributed by atoms with van der Waals surface area (Å²) in [6.45, 7) is 4.02. The first-order valence-corrected chi connectivity index (χ1v) is 7.95. The Hall–Kier alpha value is -1.52. The maximum Gasteiger partial charge on any atom is 0.260 e. The molecule has 0 spiro atoms. The Morgan fingerprint density at radius 3 is 2.91 bits per heavy atom. The van der Waals surface area contributed by atoms with Crippen molar-refractivity contribution in [1.82, 2.24) is 4.90 Å². The van der Waals surface area contributed by atoms with Crippen molar-refractivity contribution in [1.29, 1.82) is 0 Å². The van der Waals surface area contributed by atoms with Gasteiger partial charge in [0.1, 0.15) is 5.75 Å². The number of piperidine rings is 1. The lowest BCUT2D eigenvalue weighted by atomic mass is 10.1. The van der Waals surface area contributed by atoms with E-state index in [1.807, 2.05) is 24.0 Å². The highest BCUT2D eigenvalue weighted by molar-refractivity contribution is 6.30. The molecule has 0 aliphatic carbocycles. The Morgan fingerprint density at radius 2 is 2.18 bits per heavy atom. The van der Waals surface area contributed by atoms with Crippen LogP contribution in [0, 0.1) is 0 Å². The van der Waals surface area contributed by atoms with Crippen LogP contribution in [0.5, 0.6) is 5.75 Å². The van der Waals surface area contributed by atoms with Crippen LogP contribution in [0.2, 0.25) is 5.02 Å². The summed E-state index contributed by atoms with van der Waals surface area (Å²) in [4.78, 5) is 14.0. The lowest BCUT2D eigenvalue weighted by molar-refractivity contribution is -0.137. The van der Waals surface area contributed by atoms with Crippen molar-refractivity contribution in [2.24, 2.45) is 0 Å². The molecule has 0 aromatic heterocycles. The number of amides is 1. The quantitative estimate of drug-likeness (QED) is 0.754. The number of benzene rings is 1. The minimum atomic E-state index is -0.00529. The van der Waals surface area contributed by atoms with Gasteiger partial charge in [-0.05, 0) is 44.0 Å². The molecule has 0 saturated carbocycles. The van der Waals surface area contributed by atoms with Gasteiger partial charge >= 0.3 is 0 Å². The van der Waals surface area contributed by atoms with Crippen molar-refractivity contribution in [3.63, 3.8) is 0 Å². The first kappa shape index (κ1) is 16.8. The maximum atomic E-state index is 12.2. The van der Waals surface area contributed by atoms with Crippen LogP contribution in [-0.2, 0) is 9.53 Å². The van der Waals surface area contributed by atoms with E-state index >= 15 is 0 Å². The summed E-state index contributed by atoms with van der Waals surface area (Å²) in [6, 6.07) is 7.00. The lowest BCUT2D eigenvalue weighted by Crippen LogP contribution is -2.45. The zero-order valence-corrected chi connectivity index (χ0v) is 13.6. The van der Waals surface area contributed by atoms with Crippen LogP contribution in [0.15, 0.2) is 36.4 Å². The fourth-order valence-corrected chi connectivity index (χ4v) is 2.48. The molecule has 1 atom stereocenters. The van der Waals surface area contributed by atoms with Crippen molar-refractivity contribution in [3.05, 3.63) is 41.4 Å². The number of hydrogen-bond donors (Lipinski definition) is 0. The smallest absolute Gasteiger partial charge is 0.260 e. The minimum Gasteiger partial charge on any atom is -0.484 e. The van der Waals surface area contributed by atoms with E-state index in [0.717, 1.165) is 19.4 Å². The Labute approximate surface area is 136 Å². The summed E-state index contributed by atoms with van der Waals surface area (Å²) in [7, 11) is 0. The maximum absolute atomic E-state index is 12.2. The van der Waals surface area contributed by atoms with Gasteiger partial charge in [0.15, 0.2) is 6.61 Å². The largest absolute Gasteiger partial charge is 0.484 e. The number of nitrogens with zero attached hydrogens (tertiary/aromatic N) is 1. The zero-order valence-electron chi connectivity index (χ0n) is 12.8. The number of ether oxygens (including phenoxy) is 2. The van der Waals surface area contributed by atoms with Gasteiger partial charge in [0.05, 0.1) is 12.7 Å². The number of halogens is 1. The van der Waals surface area contributed by atoms with Gasteiger partial charge in [-0.1, -0.05) is 23.8 Å². The van der Waals surface area contributed by atoms with Crippen LogP contribution < -0.4 is 4.74 Å². The number of likely N-dealkylation sites (tertiary alicyclic amines) is 1. The lowest BCUT2D eigenvalue weighted by Gasteiger charge is -2.32. The zero-order chi connectivity index (χ0) is 15.8. The summed E-state index contributed by atoms with van der Waals surface area (Å²) >= 11 is 5.81. The van der Waals surface area contributed by atoms with E-state index in [1.54, 1.807) is 24.3 Å². The molecule has 1 aromatic carbocycles. The van der Waals surface area contributed by atoms with Gasteiger partial charge in [0, 0.05) is 18.1 Å². The Bertz CT molecular complexity index is 501. The number of rotatable bonds is 6. The SMILES string of the molecule is C/C=C\COC1CCCN(C(=O)COc2ccc(Cl)cc2)C1. The molecule has 2 rings (SSSR count). The second kappa shape index (κ2) is 8.81. The van der Waals surface area contributed by atoms with Gasteiger partial charge in [-0.3, -0.25) is 4.79 Å². The molecule has 1 saturated heterocycles. The Kier molecular flexibility index (Phi) is 6.74. The monoisotopic (exact) mass is 323 g/mol. The van der Waals surface area contributed by atoms with Gasteiger partial charge < -0.3 is 14.4 Å². The number of allylic oxidation sites excluding steroid dienone is 1. The molecule has 0 N–H and O–H groups in total. The summed E-state index contributed by atoms with van der Waals surface area (Å²) in [6.07, 6.45) is 6.02. The molecule has 120 valence electrons. The molecule has 1 aliphatic heterocycles. The topological polar surface area (TPSA) is 38.8 Å². The van der Waals surface area contributed by atoms with E-state index in [9.17, 15) is 4.79 Å². The highest BCUT2D eigenvalue weighted by Gasteiger charge is 2.24. The number of hydrogen-bond acceptors (Lipinski definition) is 3. The molecular weight excluding hydrogens is 302 g/mol. The molecule has 1 aromatic rings. The summed E-state index contributed by atoms with van der Waals surface area (Å²) in [5, 5.41) is 0.649. The molecule has 1 unspecified atom stereocenters. The fourth-order valence-electron chi connectivity index (χ4n) is 2.36. The van der Waals surface area contributed by atoms with E-state index in [4.69, 9.17) is 21.1 Å². The van der Waals surface area contributed by atoms with Crippen molar-refractivity contribution >= 4 is 17.5 Å².